The zero-order valence-electron chi connectivity index (χ0n) is 29.3. The number of hydrogen-bond acceptors (Lipinski definition) is 10. The molecule has 0 spiro atoms. The van der Waals surface area contributed by atoms with Crippen LogP contribution in [-0.2, 0) is 35.1 Å². The summed E-state index contributed by atoms with van der Waals surface area (Å²) in [7, 11) is 0. The molecule has 51 heavy (non-hydrogen) atoms. The van der Waals surface area contributed by atoms with E-state index in [1.54, 1.807) is 31.2 Å². The van der Waals surface area contributed by atoms with E-state index >= 15 is 0 Å². The Morgan fingerprint density at radius 3 is 2.10 bits per heavy atom. The highest BCUT2D eigenvalue weighted by Crippen LogP contribution is 2.26. The van der Waals surface area contributed by atoms with Crippen molar-refractivity contribution < 1.29 is 53.9 Å². The monoisotopic (exact) mass is 714 g/mol. The van der Waals surface area contributed by atoms with Gasteiger partial charge in [0.25, 0.3) is 0 Å². The van der Waals surface area contributed by atoms with E-state index in [1.165, 1.54) is 23.4 Å². The highest BCUT2D eigenvalue weighted by atomic mass is 16.5. The first-order valence-corrected chi connectivity index (χ1v) is 17.4. The normalized spacial score (nSPS) is 13.6. The van der Waals surface area contributed by atoms with Crippen LogP contribution in [0.15, 0.2) is 42.6 Å². The fourth-order valence-electron chi connectivity index (χ4n) is 5.40. The number of hydrogen-bond donors (Lipinski definition) is 5. The lowest BCUT2D eigenvalue weighted by Crippen LogP contribution is -2.55. The molecule has 280 valence electrons. The number of aromatic nitrogens is 3. The van der Waals surface area contributed by atoms with E-state index in [-0.39, 0.29) is 24.5 Å². The van der Waals surface area contributed by atoms with Crippen LogP contribution in [-0.4, -0.2) is 89.2 Å². The average molecular weight is 715 g/mol. The number of unbranched alkanes of at least 4 members (excludes halogenated alkanes) is 8. The van der Waals surface area contributed by atoms with E-state index < -0.39 is 53.8 Å². The molecule has 0 aliphatic rings. The van der Waals surface area contributed by atoms with Crippen LogP contribution in [0.4, 0.5) is 0 Å². The molecule has 5 N–H and O–H groups in total. The molecule has 1 heterocycles. The third-order valence-electron chi connectivity index (χ3n) is 8.29. The van der Waals surface area contributed by atoms with Gasteiger partial charge < -0.3 is 30.5 Å². The number of nitrogens with zero attached hydrogens (tertiary/aromatic N) is 3. The van der Waals surface area contributed by atoms with E-state index in [4.69, 9.17) is 4.74 Å². The molecule has 1 aromatic heterocycles. The van der Waals surface area contributed by atoms with Crippen molar-refractivity contribution >= 4 is 35.6 Å². The number of carbonyl (C=O) groups is 6. The topological polar surface area (TPSA) is 235 Å². The lowest BCUT2D eigenvalue weighted by atomic mass is 9.82. The first-order chi connectivity index (χ1) is 24.3. The quantitative estimate of drug-likeness (QED) is 0.0520. The number of carbonyl (C=O) groups excluding carboxylic acids is 3. The highest BCUT2D eigenvalue weighted by Gasteiger charge is 2.49. The standard InChI is InChI=1S/C36H50N4O11/c1-3-5-6-9-12-15-27(41)16-13-10-7-8-11-14-17-28(36(50,35(48)49)23-31(42)43)32(44)37-29(33(45)46)22-25-18-20-26(21-19-25)40-24-30(38-39-40)34(47)51-4-2/h14,17-21,24,28-29,50H,3-13,15-16,22-23H2,1-2H3,(H,37,44)(H,42,43)(H,45,46)(H,48,49)/t28-,29+,36+/m1/s1. The number of Topliss-reactive ketones (excluding diaryl/α,β-unsaturated/α-hetero) is 1. The molecule has 2 aromatic rings. The van der Waals surface area contributed by atoms with Crippen LogP contribution in [0.5, 0.6) is 0 Å². The number of aliphatic hydroxyl groups is 1. The molecule has 0 aliphatic carbocycles. The Kier molecular flexibility index (Phi) is 18.2. The Hall–Kier alpha value is -4.92. The first-order valence-electron chi connectivity index (χ1n) is 17.4. The molecule has 1 amide bonds. The molecule has 0 radical (unpaired) electrons. The molecule has 0 unspecified atom stereocenters. The maximum Gasteiger partial charge on any atom is 0.360 e. The lowest BCUT2D eigenvalue weighted by molar-refractivity contribution is -0.172. The van der Waals surface area contributed by atoms with Crippen LogP contribution in [0, 0.1) is 5.92 Å². The van der Waals surface area contributed by atoms with Gasteiger partial charge in [0, 0.05) is 19.3 Å². The van der Waals surface area contributed by atoms with Crippen molar-refractivity contribution in [1.82, 2.24) is 20.3 Å². The Morgan fingerprint density at radius 1 is 0.902 bits per heavy atom. The molecule has 0 bridgehead atoms. The van der Waals surface area contributed by atoms with Crippen LogP contribution in [0.3, 0.4) is 0 Å². The molecular formula is C36H50N4O11. The van der Waals surface area contributed by atoms with Crippen molar-refractivity contribution in [2.45, 2.75) is 115 Å². The van der Waals surface area contributed by atoms with Crippen LogP contribution in [0.1, 0.15) is 113 Å². The van der Waals surface area contributed by atoms with Crippen LogP contribution in [0.25, 0.3) is 5.69 Å². The second-order valence-electron chi connectivity index (χ2n) is 12.4. The molecule has 0 fully saturated rings. The maximum atomic E-state index is 13.4. The van der Waals surface area contributed by atoms with Gasteiger partial charge in [-0.05, 0) is 50.3 Å². The summed E-state index contributed by atoms with van der Waals surface area (Å²) < 4.78 is 6.21. The number of allylic oxidation sites excluding steroid dienone is 1. The summed E-state index contributed by atoms with van der Waals surface area (Å²) >= 11 is 0. The lowest BCUT2D eigenvalue weighted by Gasteiger charge is -2.29. The second-order valence-corrected chi connectivity index (χ2v) is 12.4. The van der Waals surface area contributed by atoms with Gasteiger partial charge in [-0.1, -0.05) is 74.9 Å². The summed E-state index contributed by atoms with van der Waals surface area (Å²) in [5.74, 6) is -8.56. The minimum atomic E-state index is -3.06. The number of carboxylic acids is 3. The Balaban J connectivity index is 2.04. The minimum Gasteiger partial charge on any atom is -0.481 e. The van der Waals surface area contributed by atoms with Gasteiger partial charge >= 0.3 is 23.9 Å². The number of esters is 1. The fourth-order valence-corrected chi connectivity index (χ4v) is 5.40. The number of ether oxygens (including phenoxy) is 1. The summed E-state index contributed by atoms with van der Waals surface area (Å²) in [6, 6.07) is 4.71. The number of rotatable bonds is 26. The molecule has 0 saturated carbocycles. The average Bonchev–Trinajstić information content (AvgIpc) is 3.58. The van der Waals surface area contributed by atoms with Crippen molar-refractivity contribution in [1.29, 1.82) is 0 Å². The number of amides is 1. The first kappa shape index (κ1) is 42.2. The smallest absolute Gasteiger partial charge is 0.360 e. The molecule has 15 heteroatoms. The number of nitrogens with one attached hydrogen (secondary N) is 1. The minimum absolute atomic E-state index is 0.00539. The van der Waals surface area contributed by atoms with Gasteiger partial charge in [0.15, 0.2) is 11.3 Å². The summed E-state index contributed by atoms with van der Waals surface area (Å²) in [4.78, 5) is 73.1. The molecule has 1 aromatic carbocycles. The van der Waals surface area contributed by atoms with Crippen LogP contribution >= 0.6 is 0 Å². The zero-order chi connectivity index (χ0) is 37.8. The van der Waals surface area contributed by atoms with Gasteiger partial charge in [-0.2, -0.15) is 0 Å². The maximum absolute atomic E-state index is 13.4. The van der Waals surface area contributed by atoms with Crippen molar-refractivity contribution in [3.8, 4) is 5.69 Å². The zero-order valence-corrected chi connectivity index (χ0v) is 29.3. The molecule has 2 rings (SSSR count). The van der Waals surface area contributed by atoms with Crippen LogP contribution < -0.4 is 5.32 Å². The van der Waals surface area contributed by atoms with E-state index in [0.29, 0.717) is 36.9 Å². The number of aliphatic carboxylic acids is 3. The molecule has 0 aliphatic heterocycles. The fraction of sp³-hybridized carbons (Fsp3) is 0.556. The molecular weight excluding hydrogens is 664 g/mol. The van der Waals surface area contributed by atoms with Gasteiger partial charge in [-0.3, -0.25) is 14.4 Å². The molecule has 15 nitrogen and oxygen atoms in total. The number of ketones is 1. The van der Waals surface area contributed by atoms with Gasteiger partial charge in [-0.15, -0.1) is 5.10 Å². The third-order valence-corrected chi connectivity index (χ3v) is 8.29. The third kappa shape index (κ3) is 14.5. The Bertz CT molecular complexity index is 1490. The summed E-state index contributed by atoms with van der Waals surface area (Å²) in [6.07, 6.45) is 12.2. The summed E-state index contributed by atoms with van der Waals surface area (Å²) in [6.45, 7) is 3.96. The van der Waals surface area contributed by atoms with Crippen molar-refractivity contribution in [2.24, 2.45) is 5.92 Å². The van der Waals surface area contributed by atoms with Crippen molar-refractivity contribution in [3.63, 3.8) is 0 Å². The molecule has 0 saturated heterocycles. The van der Waals surface area contributed by atoms with Gasteiger partial charge in [0.05, 0.1) is 30.8 Å². The predicted molar refractivity (Wildman–Crippen MR) is 184 cm³/mol. The van der Waals surface area contributed by atoms with Crippen LogP contribution in [0.2, 0.25) is 0 Å². The van der Waals surface area contributed by atoms with E-state index in [0.717, 1.165) is 51.0 Å². The van der Waals surface area contributed by atoms with Gasteiger partial charge in [-0.25, -0.2) is 19.1 Å². The number of benzene rings is 1. The summed E-state index contributed by atoms with van der Waals surface area (Å²) in [5, 5.41) is 49.9. The Morgan fingerprint density at radius 2 is 1.53 bits per heavy atom. The Labute approximate surface area is 297 Å². The van der Waals surface area contributed by atoms with E-state index in [1.807, 2.05) is 0 Å². The van der Waals surface area contributed by atoms with E-state index in [9.17, 15) is 49.2 Å². The summed E-state index contributed by atoms with van der Waals surface area (Å²) in [5.41, 5.74) is -2.12. The second kappa shape index (κ2) is 22.0. The highest BCUT2D eigenvalue weighted by molar-refractivity contribution is 5.94. The SMILES string of the molecule is CCCCCCCC(=O)CCCCCCC=C[C@H](C(=O)N[C@@H](Cc1ccc(-n2cc(C(=O)OCC)nn2)cc1)C(=O)O)[C@@](O)(CC(=O)O)C(=O)O. The van der Waals surface area contributed by atoms with Crippen molar-refractivity contribution in [3.05, 3.63) is 53.9 Å². The van der Waals surface area contributed by atoms with Crippen molar-refractivity contribution in [2.75, 3.05) is 6.61 Å². The predicted octanol–water partition coefficient (Wildman–Crippen LogP) is 4.29. The number of carboxylic acid groups (broad SMARTS) is 3. The van der Waals surface area contributed by atoms with Gasteiger partial charge in [0.2, 0.25) is 5.91 Å². The molecule has 3 atom stereocenters. The van der Waals surface area contributed by atoms with E-state index in [2.05, 4.69) is 22.6 Å². The largest absolute Gasteiger partial charge is 0.481 e. The van der Waals surface area contributed by atoms with Gasteiger partial charge in [0.1, 0.15) is 11.8 Å².